The van der Waals surface area contributed by atoms with Crippen LogP contribution in [0.4, 0.5) is 0 Å². The first-order valence-electron chi connectivity index (χ1n) is 19.9. The third-order valence-electron chi connectivity index (χ3n) is 10.6. The average Bonchev–Trinajstić information content (AvgIpc) is 3.89. The number of hydrogen-bond donors (Lipinski definition) is 0. The van der Waals surface area contributed by atoms with Gasteiger partial charge in [0.15, 0.2) is 0 Å². The quantitative estimate of drug-likeness (QED) is 0.149. The normalized spacial score (nSPS) is 11.2. The predicted octanol–water partition coefficient (Wildman–Crippen LogP) is 15.5. The summed E-state index contributed by atoms with van der Waals surface area (Å²) < 4.78 is 9.18. The summed E-state index contributed by atoms with van der Waals surface area (Å²) in [5.74, 6) is 1.27. The van der Waals surface area contributed by atoms with Crippen molar-refractivity contribution < 1.29 is 24.5 Å². The molecule has 3 nitrogen and oxygen atoms in total. The summed E-state index contributed by atoms with van der Waals surface area (Å²) in [4.78, 5) is 9.30. The van der Waals surface area contributed by atoms with Gasteiger partial charge in [-0.3, -0.25) is 4.98 Å². The van der Waals surface area contributed by atoms with Crippen LogP contribution in [-0.2, 0) is 20.1 Å². The summed E-state index contributed by atoms with van der Waals surface area (Å²) in [7, 11) is 0. The second-order valence-corrected chi connectivity index (χ2v) is 16.2. The van der Waals surface area contributed by atoms with E-state index < -0.39 is 0 Å². The first kappa shape index (κ1) is 39.8. The molecule has 10 aromatic rings. The Labute approximate surface area is 363 Å². The number of nitrogens with zero attached hydrogens (tertiary/aromatic N) is 2. The van der Waals surface area contributed by atoms with Crippen LogP contribution in [0.15, 0.2) is 174 Å². The van der Waals surface area contributed by atoms with Gasteiger partial charge in [-0.1, -0.05) is 148 Å². The molecule has 3 aromatic heterocycles. The van der Waals surface area contributed by atoms with Crippen LogP contribution in [0, 0.1) is 12.1 Å². The second kappa shape index (κ2) is 17.5. The standard InChI is InChI=1S/C43H34NOS.C11H8N.Ir/c1-26(2)36-23-31(29-15-9-6-10-16-29)24-37(27(3)4)40(36)34-18-12-20-38-41(34)45-43(44-38)35-19-11-17-33-32-22-21-30(25-39(32)46-42(33)35)28-13-7-5-8-14-28;1-2-6-10(7-3-1)11-8-4-5-9-12-11;/h5-18,20-27H,1-4H3;1-6,8-9H;/q2*-1;. The van der Waals surface area contributed by atoms with Crippen LogP contribution in [0.5, 0.6) is 0 Å². The van der Waals surface area contributed by atoms with Gasteiger partial charge in [0.2, 0.25) is 0 Å². The molecule has 0 atom stereocenters. The number of rotatable bonds is 7. The third kappa shape index (κ3) is 8.07. The van der Waals surface area contributed by atoms with Gasteiger partial charge in [-0.2, -0.15) is 11.3 Å². The molecular formula is C54H42IrN2OS-2. The molecule has 59 heavy (non-hydrogen) atoms. The Morgan fingerprint density at radius 1 is 0.576 bits per heavy atom. The minimum atomic E-state index is 0. The molecule has 0 saturated carbocycles. The van der Waals surface area contributed by atoms with E-state index in [1.165, 1.54) is 54.4 Å². The molecule has 0 aliphatic rings. The fourth-order valence-electron chi connectivity index (χ4n) is 7.74. The Morgan fingerprint density at radius 2 is 1.27 bits per heavy atom. The summed E-state index contributed by atoms with van der Waals surface area (Å²) in [5, 5.41) is 2.45. The molecule has 0 N–H and O–H groups in total. The third-order valence-corrected chi connectivity index (χ3v) is 11.8. The minimum Gasteiger partial charge on any atom is -0.480 e. The van der Waals surface area contributed by atoms with Crippen LogP contribution in [0.3, 0.4) is 0 Å². The van der Waals surface area contributed by atoms with Gasteiger partial charge in [-0.25, -0.2) is 0 Å². The fourth-order valence-corrected chi connectivity index (χ4v) is 8.97. The molecule has 291 valence electrons. The zero-order valence-electron chi connectivity index (χ0n) is 33.4. The number of fused-ring (bicyclic) bond motifs is 4. The number of aromatic nitrogens is 2. The van der Waals surface area contributed by atoms with E-state index >= 15 is 0 Å². The fraction of sp³-hybridized carbons (Fsp3) is 0.111. The van der Waals surface area contributed by atoms with Crippen molar-refractivity contribution in [2.75, 3.05) is 0 Å². The van der Waals surface area contributed by atoms with Gasteiger partial charge in [-0.15, -0.1) is 54.1 Å². The first-order valence-corrected chi connectivity index (χ1v) is 20.7. The van der Waals surface area contributed by atoms with E-state index in [0.29, 0.717) is 17.7 Å². The molecule has 0 bridgehead atoms. The number of pyridine rings is 1. The Kier molecular flexibility index (Phi) is 11.8. The zero-order chi connectivity index (χ0) is 39.6. The number of thiophene rings is 1. The van der Waals surface area contributed by atoms with Crippen LogP contribution >= 0.6 is 11.3 Å². The van der Waals surface area contributed by atoms with E-state index in [4.69, 9.17) is 9.40 Å². The molecule has 0 fully saturated rings. The second-order valence-electron chi connectivity index (χ2n) is 15.1. The Balaban J connectivity index is 0.000000319. The molecule has 0 spiro atoms. The van der Waals surface area contributed by atoms with Crippen molar-refractivity contribution in [3.8, 4) is 56.1 Å². The maximum atomic E-state index is 6.79. The maximum Gasteiger partial charge on any atom is 0.149 e. The number of hydrogen-bond acceptors (Lipinski definition) is 4. The van der Waals surface area contributed by atoms with E-state index in [2.05, 4.69) is 160 Å². The van der Waals surface area contributed by atoms with Crippen molar-refractivity contribution in [2.45, 2.75) is 39.5 Å². The van der Waals surface area contributed by atoms with Gasteiger partial charge in [0.1, 0.15) is 11.5 Å². The summed E-state index contributed by atoms with van der Waals surface area (Å²) in [6.45, 7) is 9.13. The van der Waals surface area contributed by atoms with Gasteiger partial charge in [0.25, 0.3) is 0 Å². The molecule has 5 heteroatoms. The number of oxazole rings is 1. The Hall–Kier alpha value is -5.97. The minimum absolute atomic E-state index is 0. The van der Waals surface area contributed by atoms with Gasteiger partial charge in [0, 0.05) is 36.6 Å². The van der Waals surface area contributed by atoms with E-state index in [1.807, 2.05) is 48.5 Å². The van der Waals surface area contributed by atoms with Crippen molar-refractivity contribution in [2.24, 2.45) is 0 Å². The van der Waals surface area contributed by atoms with Gasteiger partial charge in [0.05, 0.1) is 5.52 Å². The van der Waals surface area contributed by atoms with Crippen molar-refractivity contribution in [3.05, 3.63) is 193 Å². The van der Waals surface area contributed by atoms with Crippen molar-refractivity contribution in [3.63, 3.8) is 0 Å². The topological polar surface area (TPSA) is 38.9 Å². The molecule has 0 amide bonds. The first-order chi connectivity index (χ1) is 28.4. The van der Waals surface area contributed by atoms with Gasteiger partial charge < -0.3 is 9.40 Å². The molecule has 0 aliphatic heterocycles. The van der Waals surface area contributed by atoms with E-state index in [-0.39, 0.29) is 20.1 Å². The van der Waals surface area contributed by atoms with E-state index in [1.54, 1.807) is 17.5 Å². The molecular weight excluding hydrogens is 917 g/mol. The SMILES string of the molecule is CC(C)c1cc(-c2ccccc2)cc(C(C)C)c1-c1cccc2nc(-c3[c-]ccc4c3sc3cc(-c5ccccc5)ccc34)oc12.[Ir].[c-]1ccccc1-c1ccccn1. The molecule has 0 unspecified atom stereocenters. The Morgan fingerprint density at radius 3 is 1.93 bits per heavy atom. The largest absolute Gasteiger partial charge is 0.480 e. The monoisotopic (exact) mass is 959 g/mol. The molecule has 7 aromatic carbocycles. The number of benzene rings is 7. The summed E-state index contributed by atoms with van der Waals surface area (Å²) >= 11 is 1.78. The molecule has 1 radical (unpaired) electrons. The average molecular weight is 959 g/mol. The smallest absolute Gasteiger partial charge is 0.149 e. The van der Waals surface area contributed by atoms with Crippen LogP contribution in [0.2, 0.25) is 0 Å². The predicted molar refractivity (Wildman–Crippen MR) is 244 cm³/mol. The summed E-state index contributed by atoms with van der Waals surface area (Å²) in [6.07, 6.45) is 1.79. The van der Waals surface area contributed by atoms with Crippen LogP contribution in [0.1, 0.15) is 50.7 Å². The molecule has 0 aliphatic carbocycles. The van der Waals surface area contributed by atoms with E-state index in [9.17, 15) is 0 Å². The zero-order valence-corrected chi connectivity index (χ0v) is 36.6. The van der Waals surface area contributed by atoms with Crippen molar-refractivity contribution >= 4 is 42.6 Å². The van der Waals surface area contributed by atoms with Crippen LogP contribution in [-0.4, -0.2) is 9.97 Å². The van der Waals surface area contributed by atoms with Crippen LogP contribution in [0.25, 0.3) is 87.4 Å². The number of para-hydroxylation sites is 1. The Bertz CT molecular complexity index is 2920. The van der Waals surface area contributed by atoms with Crippen molar-refractivity contribution in [1.82, 2.24) is 9.97 Å². The van der Waals surface area contributed by atoms with Crippen molar-refractivity contribution in [1.29, 1.82) is 0 Å². The summed E-state index contributed by atoms with van der Waals surface area (Å²) in [5.41, 5.74) is 14.5. The van der Waals surface area contributed by atoms with E-state index in [0.717, 1.165) is 38.2 Å². The van der Waals surface area contributed by atoms with Gasteiger partial charge in [-0.05, 0) is 84.8 Å². The maximum absolute atomic E-state index is 6.79. The molecule has 3 heterocycles. The van der Waals surface area contributed by atoms with Crippen LogP contribution < -0.4 is 0 Å². The summed E-state index contributed by atoms with van der Waals surface area (Å²) in [6, 6.07) is 63.6. The molecule has 0 saturated heterocycles. The van der Waals surface area contributed by atoms with Gasteiger partial charge >= 0.3 is 0 Å². The molecule has 10 rings (SSSR count).